The third-order valence-corrected chi connectivity index (χ3v) is 3.66. The van der Waals surface area contributed by atoms with E-state index in [9.17, 15) is 9.59 Å². The summed E-state index contributed by atoms with van der Waals surface area (Å²) in [5, 5.41) is 19.9. The fraction of sp³-hybridized carbons (Fsp3) is 0.333. The number of aliphatic hydroxyl groups excluding tert-OH is 1. The average Bonchev–Trinajstić information content (AvgIpc) is 2.37. The van der Waals surface area contributed by atoms with Crippen LogP contribution in [-0.2, 0) is 9.59 Å². The number of thioether (sulfide) groups is 1. The van der Waals surface area contributed by atoms with Crippen molar-refractivity contribution in [3.63, 3.8) is 0 Å². The van der Waals surface area contributed by atoms with E-state index in [-0.39, 0.29) is 0 Å². The first-order valence-corrected chi connectivity index (χ1v) is 6.76. The molecule has 5 nitrogen and oxygen atoms in total. The number of halogens is 1. The van der Waals surface area contributed by atoms with Gasteiger partial charge in [0.25, 0.3) is 0 Å². The van der Waals surface area contributed by atoms with Gasteiger partial charge in [-0.05, 0) is 31.2 Å². The van der Waals surface area contributed by atoms with Gasteiger partial charge >= 0.3 is 5.97 Å². The molecule has 0 spiro atoms. The number of aliphatic hydroxyl groups is 1. The fourth-order valence-corrected chi connectivity index (χ4v) is 2.25. The van der Waals surface area contributed by atoms with Crippen LogP contribution in [0.15, 0.2) is 29.2 Å². The van der Waals surface area contributed by atoms with Crippen LogP contribution in [0.5, 0.6) is 0 Å². The van der Waals surface area contributed by atoms with Crippen LogP contribution in [0.2, 0.25) is 5.02 Å². The SMILES string of the molecule is CC(Sc1ccc(Cl)cc1)C(=O)NC(CO)C(=O)O. The van der Waals surface area contributed by atoms with Crippen LogP contribution in [0.25, 0.3) is 0 Å². The van der Waals surface area contributed by atoms with Crippen LogP contribution in [0, 0.1) is 0 Å². The number of aliphatic carboxylic acids is 1. The molecule has 0 fully saturated rings. The Labute approximate surface area is 120 Å². The second-order valence-electron chi connectivity index (χ2n) is 3.80. The van der Waals surface area contributed by atoms with Crippen LogP contribution in [0.3, 0.4) is 0 Å². The van der Waals surface area contributed by atoms with Gasteiger partial charge in [0.2, 0.25) is 5.91 Å². The molecule has 2 unspecified atom stereocenters. The highest BCUT2D eigenvalue weighted by Crippen LogP contribution is 2.24. The van der Waals surface area contributed by atoms with Crippen molar-refractivity contribution >= 4 is 35.2 Å². The van der Waals surface area contributed by atoms with E-state index in [1.54, 1.807) is 31.2 Å². The number of carbonyl (C=O) groups excluding carboxylic acids is 1. The van der Waals surface area contributed by atoms with Crippen LogP contribution in [0.1, 0.15) is 6.92 Å². The molecule has 104 valence electrons. The molecule has 0 aromatic heterocycles. The third-order valence-electron chi connectivity index (χ3n) is 2.29. The Bertz CT molecular complexity index is 452. The summed E-state index contributed by atoms with van der Waals surface area (Å²) in [5.41, 5.74) is 0. The number of carbonyl (C=O) groups is 2. The van der Waals surface area contributed by atoms with E-state index in [1.165, 1.54) is 11.8 Å². The summed E-state index contributed by atoms with van der Waals surface area (Å²) in [7, 11) is 0. The third kappa shape index (κ3) is 5.10. The van der Waals surface area contributed by atoms with Gasteiger partial charge < -0.3 is 15.5 Å². The maximum absolute atomic E-state index is 11.8. The highest BCUT2D eigenvalue weighted by atomic mass is 35.5. The quantitative estimate of drug-likeness (QED) is 0.691. The van der Waals surface area contributed by atoms with Crippen LogP contribution in [-0.4, -0.2) is 40.0 Å². The van der Waals surface area contributed by atoms with E-state index >= 15 is 0 Å². The van der Waals surface area contributed by atoms with Crippen molar-refractivity contribution in [3.8, 4) is 0 Å². The highest BCUT2D eigenvalue weighted by Gasteiger charge is 2.22. The summed E-state index contributed by atoms with van der Waals surface area (Å²) in [5.74, 6) is -1.71. The predicted molar refractivity (Wildman–Crippen MR) is 73.4 cm³/mol. The number of nitrogens with one attached hydrogen (secondary N) is 1. The first-order valence-electron chi connectivity index (χ1n) is 5.50. The summed E-state index contributed by atoms with van der Waals surface area (Å²) >= 11 is 7.03. The first kappa shape index (κ1) is 15.8. The smallest absolute Gasteiger partial charge is 0.328 e. The number of carboxylic acids is 1. The van der Waals surface area contributed by atoms with Gasteiger partial charge in [0.1, 0.15) is 6.04 Å². The number of benzene rings is 1. The van der Waals surface area contributed by atoms with Crippen LogP contribution >= 0.6 is 23.4 Å². The van der Waals surface area contributed by atoms with E-state index in [4.69, 9.17) is 21.8 Å². The van der Waals surface area contributed by atoms with Gasteiger partial charge in [-0.25, -0.2) is 4.79 Å². The van der Waals surface area contributed by atoms with Gasteiger partial charge in [-0.15, -0.1) is 11.8 Å². The molecule has 0 aliphatic heterocycles. The van der Waals surface area contributed by atoms with E-state index in [0.29, 0.717) is 5.02 Å². The van der Waals surface area contributed by atoms with Crippen LogP contribution in [0.4, 0.5) is 0 Å². The molecule has 19 heavy (non-hydrogen) atoms. The maximum atomic E-state index is 11.8. The van der Waals surface area contributed by atoms with Crippen LogP contribution < -0.4 is 5.32 Å². The molecule has 0 heterocycles. The maximum Gasteiger partial charge on any atom is 0.328 e. The number of amides is 1. The Morgan fingerprint density at radius 1 is 1.37 bits per heavy atom. The van der Waals surface area contributed by atoms with Crippen molar-refractivity contribution < 1.29 is 19.8 Å². The second kappa shape index (κ2) is 7.37. The normalized spacial score (nSPS) is 13.6. The standard InChI is InChI=1S/C12H14ClNO4S/c1-7(11(16)14-10(6-15)12(17)18)19-9-4-2-8(13)3-5-9/h2-5,7,10,15H,6H2,1H3,(H,14,16)(H,17,18). The summed E-state index contributed by atoms with van der Waals surface area (Å²) < 4.78 is 0. The van der Waals surface area contributed by atoms with Gasteiger partial charge in [0.15, 0.2) is 0 Å². The Balaban J connectivity index is 2.57. The molecule has 0 saturated heterocycles. The minimum Gasteiger partial charge on any atom is -0.480 e. The first-order chi connectivity index (χ1) is 8.93. The Morgan fingerprint density at radius 3 is 2.42 bits per heavy atom. The molecule has 1 aromatic carbocycles. The Kier molecular flexibility index (Phi) is 6.14. The van der Waals surface area contributed by atoms with Crippen molar-refractivity contribution in [2.45, 2.75) is 23.1 Å². The Morgan fingerprint density at radius 2 is 1.95 bits per heavy atom. The molecule has 0 bridgehead atoms. The van der Waals surface area contributed by atoms with Crippen molar-refractivity contribution in [1.29, 1.82) is 0 Å². The topological polar surface area (TPSA) is 86.6 Å². The number of hydrogen-bond donors (Lipinski definition) is 3. The predicted octanol–water partition coefficient (Wildman–Crippen LogP) is 1.38. The molecule has 0 aliphatic carbocycles. The summed E-state index contributed by atoms with van der Waals surface area (Å²) in [6, 6.07) is 5.69. The highest BCUT2D eigenvalue weighted by molar-refractivity contribution is 8.00. The summed E-state index contributed by atoms with van der Waals surface area (Å²) in [6.45, 7) is 1.02. The van der Waals surface area contributed by atoms with Crippen molar-refractivity contribution in [1.82, 2.24) is 5.32 Å². The molecule has 0 radical (unpaired) electrons. The largest absolute Gasteiger partial charge is 0.480 e. The molecule has 1 amide bonds. The van der Waals surface area contributed by atoms with E-state index < -0.39 is 29.8 Å². The molecular weight excluding hydrogens is 290 g/mol. The molecule has 3 N–H and O–H groups in total. The van der Waals surface area contributed by atoms with Crippen molar-refractivity contribution in [3.05, 3.63) is 29.3 Å². The lowest BCUT2D eigenvalue weighted by Crippen LogP contribution is -2.46. The second-order valence-corrected chi connectivity index (χ2v) is 5.65. The molecule has 0 saturated carbocycles. The lowest BCUT2D eigenvalue weighted by molar-refractivity contribution is -0.142. The van der Waals surface area contributed by atoms with E-state index in [2.05, 4.69) is 5.32 Å². The van der Waals surface area contributed by atoms with Gasteiger partial charge in [-0.1, -0.05) is 11.6 Å². The zero-order chi connectivity index (χ0) is 14.4. The zero-order valence-corrected chi connectivity index (χ0v) is 11.7. The van der Waals surface area contributed by atoms with E-state index in [0.717, 1.165) is 4.90 Å². The minimum atomic E-state index is -1.28. The lowest BCUT2D eigenvalue weighted by atomic mass is 10.3. The van der Waals surface area contributed by atoms with Gasteiger partial charge in [0.05, 0.1) is 11.9 Å². The monoisotopic (exact) mass is 303 g/mol. The Hall–Kier alpha value is -1.24. The van der Waals surface area contributed by atoms with Gasteiger partial charge in [-0.3, -0.25) is 4.79 Å². The summed E-state index contributed by atoms with van der Waals surface area (Å²) in [6.07, 6.45) is 0. The molecule has 7 heteroatoms. The number of rotatable bonds is 6. The fourth-order valence-electron chi connectivity index (χ4n) is 1.25. The average molecular weight is 304 g/mol. The van der Waals surface area contributed by atoms with Gasteiger partial charge in [0, 0.05) is 9.92 Å². The molecule has 0 aliphatic rings. The number of carboxylic acid groups (broad SMARTS) is 1. The number of hydrogen-bond acceptors (Lipinski definition) is 4. The molecule has 1 aromatic rings. The lowest BCUT2D eigenvalue weighted by Gasteiger charge is -2.15. The zero-order valence-electron chi connectivity index (χ0n) is 10.2. The summed E-state index contributed by atoms with van der Waals surface area (Å²) in [4.78, 5) is 23.3. The van der Waals surface area contributed by atoms with Gasteiger partial charge in [-0.2, -0.15) is 0 Å². The molecule has 1 rings (SSSR count). The van der Waals surface area contributed by atoms with E-state index in [1.807, 2.05) is 0 Å². The van der Waals surface area contributed by atoms with Crippen molar-refractivity contribution in [2.24, 2.45) is 0 Å². The minimum absolute atomic E-state index is 0.443. The molecular formula is C12H14ClNO4S. The molecule has 2 atom stereocenters. The van der Waals surface area contributed by atoms with Crippen molar-refractivity contribution in [2.75, 3.05) is 6.61 Å².